The summed E-state index contributed by atoms with van der Waals surface area (Å²) in [6.07, 6.45) is 4.10. The Kier molecular flexibility index (Phi) is 5.32. The average Bonchev–Trinajstić information content (AvgIpc) is 3.39. The quantitative estimate of drug-likeness (QED) is 0.500. The Hall–Kier alpha value is -3.95. The van der Waals surface area contributed by atoms with E-state index in [2.05, 4.69) is 35.9 Å². The van der Waals surface area contributed by atoms with Crippen molar-refractivity contribution in [3.63, 3.8) is 0 Å². The molecule has 10 heteroatoms. The number of tetrazole rings is 1. The summed E-state index contributed by atoms with van der Waals surface area (Å²) in [6.45, 7) is 0.428. The number of nitrogens with zero attached hydrogens (tertiary/aromatic N) is 6. The van der Waals surface area contributed by atoms with Gasteiger partial charge in [-0.05, 0) is 48.0 Å². The van der Waals surface area contributed by atoms with Crippen molar-refractivity contribution in [3.8, 4) is 22.6 Å². The third-order valence-electron chi connectivity index (χ3n) is 4.16. The number of aromatic nitrogens is 7. The third-order valence-corrected chi connectivity index (χ3v) is 4.16. The molecule has 146 valence electrons. The Bertz CT molecular complexity index is 1090. The van der Waals surface area contributed by atoms with Crippen molar-refractivity contribution in [2.75, 3.05) is 5.32 Å². The molecule has 0 aliphatic carbocycles. The summed E-state index contributed by atoms with van der Waals surface area (Å²) in [5.74, 6) is 0.430. The number of nitrogens with one attached hydrogen (secondary N) is 2. The molecule has 9 nitrogen and oxygen atoms in total. The smallest absolute Gasteiger partial charge is 0.225 e. The van der Waals surface area contributed by atoms with Crippen LogP contribution in [0.15, 0.2) is 54.9 Å². The molecule has 0 unspecified atom stereocenters. The van der Waals surface area contributed by atoms with Crippen molar-refractivity contribution in [2.24, 2.45) is 0 Å². The fraction of sp³-hybridized carbons (Fsp3) is 0.158. The molecule has 0 saturated carbocycles. The number of halogens is 1. The van der Waals surface area contributed by atoms with Crippen molar-refractivity contribution in [1.82, 2.24) is 35.4 Å². The van der Waals surface area contributed by atoms with E-state index in [-0.39, 0.29) is 18.1 Å². The predicted molar refractivity (Wildman–Crippen MR) is 103 cm³/mol. The van der Waals surface area contributed by atoms with Gasteiger partial charge in [-0.3, -0.25) is 14.9 Å². The van der Waals surface area contributed by atoms with E-state index in [0.717, 1.165) is 11.3 Å². The van der Waals surface area contributed by atoms with Crippen LogP contribution in [0.3, 0.4) is 0 Å². The van der Waals surface area contributed by atoms with Crippen LogP contribution in [0.5, 0.6) is 0 Å². The van der Waals surface area contributed by atoms with Crippen LogP contribution in [-0.2, 0) is 11.3 Å². The zero-order valence-electron chi connectivity index (χ0n) is 15.3. The van der Waals surface area contributed by atoms with Gasteiger partial charge in [-0.1, -0.05) is 6.07 Å². The summed E-state index contributed by atoms with van der Waals surface area (Å²) in [7, 11) is 0. The molecule has 1 amide bonds. The van der Waals surface area contributed by atoms with Crippen LogP contribution in [0.4, 0.5) is 10.2 Å². The van der Waals surface area contributed by atoms with Crippen molar-refractivity contribution in [1.29, 1.82) is 0 Å². The SMILES string of the molecule is O=C(CCCn1nnc(-c2ccc(F)cc2)n1)Nc1[nH]ncc1-c1ccccn1. The lowest BCUT2D eigenvalue weighted by Gasteiger charge is -2.05. The van der Waals surface area contributed by atoms with E-state index in [0.29, 0.717) is 30.2 Å². The Morgan fingerprint density at radius 2 is 2.03 bits per heavy atom. The highest BCUT2D eigenvalue weighted by atomic mass is 19.1. The molecule has 0 aliphatic rings. The van der Waals surface area contributed by atoms with Crippen molar-refractivity contribution in [2.45, 2.75) is 19.4 Å². The van der Waals surface area contributed by atoms with E-state index in [9.17, 15) is 9.18 Å². The first-order valence-electron chi connectivity index (χ1n) is 8.97. The molecule has 4 rings (SSSR count). The molecular formula is C19H17FN8O. The molecule has 29 heavy (non-hydrogen) atoms. The summed E-state index contributed by atoms with van der Waals surface area (Å²) >= 11 is 0. The lowest BCUT2D eigenvalue weighted by atomic mass is 10.2. The topological polar surface area (TPSA) is 114 Å². The molecule has 1 aromatic carbocycles. The molecule has 0 aliphatic heterocycles. The number of hydrogen-bond acceptors (Lipinski definition) is 6. The van der Waals surface area contributed by atoms with Crippen LogP contribution in [0, 0.1) is 5.82 Å². The number of amides is 1. The number of pyridine rings is 1. The van der Waals surface area contributed by atoms with Gasteiger partial charge in [0.25, 0.3) is 0 Å². The zero-order valence-corrected chi connectivity index (χ0v) is 15.3. The highest BCUT2D eigenvalue weighted by molar-refractivity contribution is 5.93. The first kappa shape index (κ1) is 18.4. The van der Waals surface area contributed by atoms with Gasteiger partial charge in [0.15, 0.2) is 0 Å². The summed E-state index contributed by atoms with van der Waals surface area (Å²) < 4.78 is 13.0. The van der Waals surface area contributed by atoms with Gasteiger partial charge in [0.1, 0.15) is 11.6 Å². The zero-order chi connectivity index (χ0) is 20.1. The van der Waals surface area contributed by atoms with Crippen LogP contribution in [0.25, 0.3) is 22.6 Å². The molecule has 0 saturated heterocycles. The van der Waals surface area contributed by atoms with Gasteiger partial charge in [-0.15, -0.1) is 10.2 Å². The number of aromatic amines is 1. The summed E-state index contributed by atoms with van der Waals surface area (Å²) in [6, 6.07) is 11.4. The van der Waals surface area contributed by atoms with E-state index in [1.54, 1.807) is 24.5 Å². The Labute approximate surface area is 165 Å². The van der Waals surface area contributed by atoms with E-state index < -0.39 is 0 Å². The molecule has 2 N–H and O–H groups in total. The van der Waals surface area contributed by atoms with Crippen LogP contribution in [0.2, 0.25) is 0 Å². The fourth-order valence-corrected chi connectivity index (χ4v) is 2.73. The summed E-state index contributed by atoms with van der Waals surface area (Å²) in [4.78, 5) is 17.9. The number of benzene rings is 1. The van der Waals surface area contributed by atoms with Crippen LogP contribution >= 0.6 is 0 Å². The van der Waals surface area contributed by atoms with E-state index in [1.165, 1.54) is 16.9 Å². The minimum absolute atomic E-state index is 0.162. The lowest BCUT2D eigenvalue weighted by Crippen LogP contribution is -2.14. The molecule has 3 heterocycles. The number of rotatable bonds is 7. The number of hydrogen-bond donors (Lipinski definition) is 2. The van der Waals surface area contributed by atoms with Crippen LogP contribution in [0.1, 0.15) is 12.8 Å². The van der Waals surface area contributed by atoms with Gasteiger partial charge < -0.3 is 5.32 Å². The largest absolute Gasteiger partial charge is 0.311 e. The van der Waals surface area contributed by atoms with Crippen molar-refractivity contribution < 1.29 is 9.18 Å². The normalized spacial score (nSPS) is 10.8. The number of anilines is 1. The van der Waals surface area contributed by atoms with Gasteiger partial charge in [0.2, 0.25) is 11.7 Å². The lowest BCUT2D eigenvalue weighted by molar-refractivity contribution is -0.116. The highest BCUT2D eigenvalue weighted by Crippen LogP contribution is 2.23. The van der Waals surface area contributed by atoms with E-state index in [4.69, 9.17) is 0 Å². The molecular weight excluding hydrogens is 375 g/mol. The molecule has 0 fully saturated rings. The number of carbonyl (C=O) groups is 1. The summed E-state index contributed by atoms with van der Waals surface area (Å²) in [5, 5.41) is 21.8. The van der Waals surface area contributed by atoms with Gasteiger partial charge >= 0.3 is 0 Å². The molecule has 4 aromatic rings. The minimum Gasteiger partial charge on any atom is -0.311 e. The van der Waals surface area contributed by atoms with Gasteiger partial charge in [0, 0.05) is 18.2 Å². The monoisotopic (exact) mass is 392 g/mol. The number of aryl methyl sites for hydroxylation is 1. The highest BCUT2D eigenvalue weighted by Gasteiger charge is 2.12. The Morgan fingerprint density at radius 1 is 1.17 bits per heavy atom. The van der Waals surface area contributed by atoms with Gasteiger partial charge in [-0.25, -0.2) is 4.39 Å². The second kappa shape index (κ2) is 8.38. The van der Waals surface area contributed by atoms with Gasteiger partial charge in [0.05, 0.1) is 24.0 Å². The molecule has 0 spiro atoms. The van der Waals surface area contributed by atoms with Crippen LogP contribution in [-0.4, -0.2) is 41.3 Å². The van der Waals surface area contributed by atoms with Crippen molar-refractivity contribution >= 4 is 11.7 Å². The Balaban J connectivity index is 1.30. The fourth-order valence-electron chi connectivity index (χ4n) is 2.73. The summed E-state index contributed by atoms with van der Waals surface area (Å²) in [5.41, 5.74) is 2.12. The second-order valence-electron chi connectivity index (χ2n) is 6.24. The molecule has 0 radical (unpaired) electrons. The minimum atomic E-state index is -0.323. The first-order chi connectivity index (χ1) is 14.2. The number of H-pyrrole nitrogens is 1. The van der Waals surface area contributed by atoms with Crippen LogP contribution < -0.4 is 5.32 Å². The maximum Gasteiger partial charge on any atom is 0.225 e. The maximum atomic E-state index is 13.0. The maximum absolute atomic E-state index is 13.0. The standard InChI is InChI=1S/C19H17FN8O/c20-14-8-6-13(7-9-14)18-25-27-28(26-18)11-3-5-17(29)23-19-15(12-22-24-19)16-4-1-2-10-21-16/h1-2,4,6-10,12H,3,5,11H2,(H2,22,23,24,29). The van der Waals surface area contributed by atoms with E-state index in [1.807, 2.05) is 18.2 Å². The number of carbonyl (C=O) groups excluding carboxylic acids is 1. The van der Waals surface area contributed by atoms with Crippen molar-refractivity contribution in [3.05, 3.63) is 60.7 Å². The second-order valence-corrected chi connectivity index (χ2v) is 6.24. The Morgan fingerprint density at radius 3 is 2.83 bits per heavy atom. The predicted octanol–water partition coefficient (Wildman–Crippen LogP) is 2.68. The molecule has 0 atom stereocenters. The molecule has 0 bridgehead atoms. The van der Waals surface area contributed by atoms with E-state index >= 15 is 0 Å². The third kappa shape index (κ3) is 4.49. The van der Waals surface area contributed by atoms with Gasteiger partial charge in [-0.2, -0.15) is 9.90 Å². The average molecular weight is 392 g/mol. The first-order valence-corrected chi connectivity index (χ1v) is 8.97. The molecule has 3 aromatic heterocycles.